The minimum Gasteiger partial charge on any atom is -0.468 e. The number of fused-ring (bicyclic) bond motifs is 1. The van der Waals surface area contributed by atoms with Crippen LogP contribution < -0.4 is 10.6 Å². The van der Waals surface area contributed by atoms with Crippen LogP contribution in [0, 0.1) is 0 Å². The van der Waals surface area contributed by atoms with Crippen molar-refractivity contribution >= 4 is 28.3 Å². The number of esters is 1. The van der Waals surface area contributed by atoms with E-state index in [1.807, 2.05) is 42.5 Å². The lowest BCUT2D eigenvalue weighted by molar-refractivity contribution is -0.141. The van der Waals surface area contributed by atoms with Crippen LogP contribution in [0.4, 0.5) is 5.69 Å². The molecule has 0 fully saturated rings. The maximum atomic E-state index is 11.6. The number of hydrogen-bond donors (Lipinski definition) is 2. The van der Waals surface area contributed by atoms with Crippen molar-refractivity contribution in [2.24, 2.45) is 0 Å². The van der Waals surface area contributed by atoms with Gasteiger partial charge in [-0.15, -0.1) is 0 Å². The Bertz CT molecular complexity index is 635. The summed E-state index contributed by atoms with van der Waals surface area (Å²) < 4.78 is 4.45. The molecule has 1 amide bonds. The van der Waals surface area contributed by atoms with Gasteiger partial charge in [-0.25, -0.2) is 0 Å². The first-order chi connectivity index (χ1) is 10.2. The second-order valence-corrected chi connectivity index (χ2v) is 4.56. The summed E-state index contributed by atoms with van der Waals surface area (Å²) in [5.74, 6) is -0.640. The van der Waals surface area contributed by atoms with Gasteiger partial charge in [-0.05, 0) is 11.5 Å². The summed E-state index contributed by atoms with van der Waals surface area (Å²) in [4.78, 5) is 22.5. The van der Waals surface area contributed by atoms with E-state index in [1.54, 1.807) is 0 Å². The normalized spacial score (nSPS) is 10.1. The number of amides is 1. The fourth-order valence-corrected chi connectivity index (χ4v) is 2.02. The second-order valence-electron chi connectivity index (χ2n) is 4.56. The predicted molar refractivity (Wildman–Crippen MR) is 82.1 cm³/mol. The molecule has 2 rings (SSSR count). The molecule has 0 bridgehead atoms. The van der Waals surface area contributed by atoms with Crippen molar-refractivity contribution < 1.29 is 14.3 Å². The zero-order chi connectivity index (χ0) is 15.1. The Hall–Kier alpha value is -2.56. The van der Waals surface area contributed by atoms with Crippen LogP contribution in [0.15, 0.2) is 42.5 Å². The summed E-state index contributed by atoms with van der Waals surface area (Å²) in [5.41, 5.74) is 0.994. The highest BCUT2D eigenvalue weighted by atomic mass is 16.5. The third-order valence-electron chi connectivity index (χ3n) is 3.11. The lowest BCUT2D eigenvalue weighted by Gasteiger charge is -2.09. The number of hydrogen-bond acceptors (Lipinski definition) is 4. The third kappa shape index (κ3) is 4.21. The van der Waals surface area contributed by atoms with Crippen molar-refractivity contribution in [1.29, 1.82) is 0 Å². The minimum atomic E-state index is -0.453. The number of carbonyl (C=O) groups excluding carboxylic acids is 2. The number of methoxy groups -OCH3 is 1. The summed E-state index contributed by atoms with van der Waals surface area (Å²) >= 11 is 0. The van der Waals surface area contributed by atoms with Gasteiger partial charge in [-0.3, -0.25) is 9.59 Å². The van der Waals surface area contributed by atoms with Gasteiger partial charge in [0.05, 0.1) is 7.11 Å². The van der Waals surface area contributed by atoms with Crippen molar-refractivity contribution in [3.63, 3.8) is 0 Å². The van der Waals surface area contributed by atoms with Gasteiger partial charge in [0.25, 0.3) is 0 Å². The topological polar surface area (TPSA) is 67.4 Å². The third-order valence-corrected chi connectivity index (χ3v) is 3.11. The Kier molecular flexibility index (Phi) is 5.15. The van der Waals surface area contributed by atoms with E-state index in [0.29, 0.717) is 13.0 Å². The van der Waals surface area contributed by atoms with Gasteiger partial charge in [0.1, 0.15) is 6.54 Å². The van der Waals surface area contributed by atoms with Crippen LogP contribution in [0.2, 0.25) is 0 Å². The van der Waals surface area contributed by atoms with Crippen LogP contribution in [0.25, 0.3) is 10.8 Å². The van der Waals surface area contributed by atoms with Gasteiger partial charge >= 0.3 is 5.97 Å². The first-order valence-corrected chi connectivity index (χ1v) is 6.76. The number of anilines is 1. The highest BCUT2D eigenvalue weighted by molar-refractivity contribution is 5.94. The van der Waals surface area contributed by atoms with Gasteiger partial charge in [0.15, 0.2) is 0 Å². The smallest absolute Gasteiger partial charge is 0.325 e. The van der Waals surface area contributed by atoms with Crippen molar-refractivity contribution in [2.75, 3.05) is 25.5 Å². The zero-order valence-electron chi connectivity index (χ0n) is 11.9. The van der Waals surface area contributed by atoms with Crippen LogP contribution in [0.5, 0.6) is 0 Å². The molecule has 0 heterocycles. The molecule has 0 unspecified atom stereocenters. The molecular formula is C16H18N2O3. The molecule has 0 aliphatic rings. The van der Waals surface area contributed by atoms with E-state index in [4.69, 9.17) is 0 Å². The van der Waals surface area contributed by atoms with Crippen LogP contribution in [0.3, 0.4) is 0 Å². The Morgan fingerprint density at radius 3 is 2.67 bits per heavy atom. The van der Waals surface area contributed by atoms with Gasteiger partial charge in [-0.1, -0.05) is 36.4 Å². The Labute approximate surface area is 123 Å². The molecule has 2 aromatic carbocycles. The lowest BCUT2D eigenvalue weighted by Crippen LogP contribution is -2.31. The molecule has 0 aliphatic carbocycles. The summed E-state index contributed by atoms with van der Waals surface area (Å²) in [6.07, 6.45) is 0.292. The van der Waals surface area contributed by atoms with Crippen LogP contribution in [-0.4, -0.2) is 32.1 Å². The van der Waals surface area contributed by atoms with Gasteiger partial charge < -0.3 is 15.4 Å². The number of benzene rings is 2. The molecule has 110 valence electrons. The largest absolute Gasteiger partial charge is 0.468 e. The lowest BCUT2D eigenvalue weighted by atomic mass is 10.1. The van der Waals surface area contributed by atoms with Gasteiger partial charge in [-0.2, -0.15) is 0 Å². The van der Waals surface area contributed by atoms with Crippen LogP contribution in [0.1, 0.15) is 6.42 Å². The van der Waals surface area contributed by atoms with E-state index in [0.717, 1.165) is 16.5 Å². The zero-order valence-corrected chi connectivity index (χ0v) is 11.9. The molecule has 0 aromatic heterocycles. The Morgan fingerprint density at radius 1 is 1.10 bits per heavy atom. The van der Waals surface area contributed by atoms with Gasteiger partial charge in [0.2, 0.25) is 5.91 Å². The molecule has 5 nitrogen and oxygen atoms in total. The molecule has 2 N–H and O–H groups in total. The second kappa shape index (κ2) is 7.28. The molecule has 0 saturated heterocycles. The molecule has 5 heteroatoms. The van der Waals surface area contributed by atoms with Crippen molar-refractivity contribution in [1.82, 2.24) is 5.32 Å². The van der Waals surface area contributed by atoms with Gasteiger partial charge in [0, 0.05) is 24.0 Å². The molecule has 0 atom stereocenters. The first kappa shape index (κ1) is 14.8. The molecule has 2 aromatic rings. The number of nitrogens with one attached hydrogen (secondary N) is 2. The maximum Gasteiger partial charge on any atom is 0.325 e. The average molecular weight is 286 g/mol. The summed E-state index contributed by atoms with van der Waals surface area (Å²) in [7, 11) is 1.29. The van der Waals surface area contributed by atoms with Crippen molar-refractivity contribution in [2.45, 2.75) is 6.42 Å². The van der Waals surface area contributed by atoms with Crippen LogP contribution in [-0.2, 0) is 14.3 Å². The molecule has 0 spiro atoms. The predicted octanol–water partition coefficient (Wildman–Crippen LogP) is 1.93. The number of ether oxygens (including phenoxy) is 1. The summed E-state index contributed by atoms with van der Waals surface area (Å²) in [6.45, 7) is 0.407. The average Bonchev–Trinajstić information content (AvgIpc) is 2.52. The van der Waals surface area contributed by atoms with E-state index in [9.17, 15) is 9.59 Å². The summed E-state index contributed by atoms with van der Waals surface area (Å²) in [6, 6.07) is 14.1. The fraction of sp³-hybridized carbons (Fsp3) is 0.250. The van der Waals surface area contributed by atoms with E-state index in [-0.39, 0.29) is 12.5 Å². The van der Waals surface area contributed by atoms with E-state index < -0.39 is 5.97 Å². The molecule has 0 saturated carbocycles. The molecule has 21 heavy (non-hydrogen) atoms. The first-order valence-electron chi connectivity index (χ1n) is 6.76. The number of carbonyl (C=O) groups is 2. The van der Waals surface area contributed by atoms with E-state index >= 15 is 0 Å². The van der Waals surface area contributed by atoms with Crippen molar-refractivity contribution in [3.8, 4) is 0 Å². The molecule has 0 aliphatic heterocycles. The molecular weight excluding hydrogens is 268 g/mol. The minimum absolute atomic E-state index is 0.0936. The van der Waals surface area contributed by atoms with E-state index in [1.165, 1.54) is 7.11 Å². The van der Waals surface area contributed by atoms with Crippen LogP contribution >= 0.6 is 0 Å². The van der Waals surface area contributed by atoms with E-state index in [2.05, 4.69) is 15.4 Å². The molecule has 0 radical (unpaired) electrons. The highest BCUT2D eigenvalue weighted by Gasteiger charge is 2.05. The maximum absolute atomic E-state index is 11.6. The quantitative estimate of drug-likeness (QED) is 0.796. The Morgan fingerprint density at radius 2 is 1.86 bits per heavy atom. The monoisotopic (exact) mass is 286 g/mol. The standard InChI is InChI=1S/C16H18N2O3/c1-21-16(20)11-18-15(19)9-10-17-14-8-4-6-12-5-2-3-7-13(12)14/h2-8,17H,9-11H2,1H3,(H,18,19). The number of rotatable bonds is 6. The van der Waals surface area contributed by atoms with Crippen molar-refractivity contribution in [3.05, 3.63) is 42.5 Å². The fourth-order valence-electron chi connectivity index (χ4n) is 2.02. The Balaban J connectivity index is 1.85. The highest BCUT2D eigenvalue weighted by Crippen LogP contribution is 2.22. The SMILES string of the molecule is COC(=O)CNC(=O)CCNc1cccc2ccccc12. The summed E-state index contributed by atoms with van der Waals surface area (Å²) in [5, 5.41) is 8.02.